The van der Waals surface area contributed by atoms with Gasteiger partial charge < -0.3 is 25.2 Å². The van der Waals surface area contributed by atoms with Crippen LogP contribution in [0.2, 0.25) is 0 Å². The van der Waals surface area contributed by atoms with Crippen LogP contribution in [0.25, 0.3) is 0 Å². The number of nitrogens with zero attached hydrogens (tertiary/aromatic N) is 3. The minimum absolute atomic E-state index is 0. The normalized spacial score (nSPS) is 14.9. The molecule has 0 atom stereocenters. The summed E-state index contributed by atoms with van der Waals surface area (Å²) in [6, 6.07) is 4.24. The molecule has 2 rings (SSSR count). The van der Waals surface area contributed by atoms with Crippen LogP contribution in [0.1, 0.15) is 6.92 Å². The Kier molecular flexibility index (Phi) is 10.8. The van der Waals surface area contributed by atoms with Crippen LogP contribution in [0.5, 0.6) is 0 Å². The van der Waals surface area contributed by atoms with E-state index in [-0.39, 0.29) is 36.4 Å². The maximum Gasteiger partial charge on any atom is 0.241 e. The number of amides is 1. The molecule has 9 heteroatoms. The number of carbonyl (C=O) groups excluding carboxylic acids is 1. The number of piperazine rings is 1. The highest BCUT2D eigenvalue weighted by atomic mass is 127. The summed E-state index contributed by atoms with van der Waals surface area (Å²) in [4.78, 5) is 20.9. The van der Waals surface area contributed by atoms with E-state index in [9.17, 15) is 4.79 Å². The van der Waals surface area contributed by atoms with Gasteiger partial charge in [-0.25, -0.2) is 4.99 Å². The van der Waals surface area contributed by atoms with Crippen molar-refractivity contribution in [3.63, 3.8) is 0 Å². The Morgan fingerprint density at radius 3 is 2.68 bits per heavy atom. The number of nitrogens with one attached hydrogen (secondary N) is 2. The van der Waals surface area contributed by atoms with Crippen molar-refractivity contribution in [1.29, 1.82) is 0 Å². The largest absolute Gasteiger partial charge is 0.383 e. The van der Waals surface area contributed by atoms with E-state index < -0.39 is 0 Å². The van der Waals surface area contributed by atoms with E-state index in [1.165, 1.54) is 5.00 Å². The molecule has 0 bridgehead atoms. The van der Waals surface area contributed by atoms with Crippen molar-refractivity contribution in [3.8, 4) is 0 Å². The third kappa shape index (κ3) is 7.37. The quantitative estimate of drug-likeness (QED) is 0.265. The van der Waals surface area contributed by atoms with Crippen molar-refractivity contribution in [2.24, 2.45) is 4.99 Å². The lowest BCUT2D eigenvalue weighted by atomic mass is 10.3. The van der Waals surface area contributed by atoms with Crippen molar-refractivity contribution in [2.45, 2.75) is 6.92 Å². The topological polar surface area (TPSA) is 69.2 Å². The van der Waals surface area contributed by atoms with Crippen LogP contribution < -0.4 is 15.5 Å². The van der Waals surface area contributed by atoms with E-state index >= 15 is 0 Å². The maximum atomic E-state index is 11.8. The smallest absolute Gasteiger partial charge is 0.241 e. The summed E-state index contributed by atoms with van der Waals surface area (Å²) < 4.78 is 4.92. The van der Waals surface area contributed by atoms with Crippen LogP contribution in [0.4, 0.5) is 5.00 Å². The zero-order valence-corrected chi connectivity index (χ0v) is 18.0. The summed E-state index contributed by atoms with van der Waals surface area (Å²) in [5.41, 5.74) is 0. The number of anilines is 1. The summed E-state index contributed by atoms with van der Waals surface area (Å²) >= 11 is 1.77. The summed E-state index contributed by atoms with van der Waals surface area (Å²) in [5, 5.41) is 9.49. The molecule has 2 heterocycles. The van der Waals surface area contributed by atoms with E-state index in [4.69, 9.17) is 4.74 Å². The van der Waals surface area contributed by atoms with Gasteiger partial charge in [0.15, 0.2) is 5.96 Å². The molecule has 0 spiro atoms. The van der Waals surface area contributed by atoms with Crippen LogP contribution in [-0.2, 0) is 9.53 Å². The van der Waals surface area contributed by atoms with Crippen LogP contribution in [-0.4, -0.2) is 76.3 Å². The maximum absolute atomic E-state index is 11.8. The van der Waals surface area contributed by atoms with Crippen molar-refractivity contribution >= 4 is 52.2 Å². The minimum atomic E-state index is -0.0836. The number of methoxy groups -OCH3 is 1. The molecule has 25 heavy (non-hydrogen) atoms. The van der Waals surface area contributed by atoms with Gasteiger partial charge in [0.05, 0.1) is 11.6 Å². The molecule has 1 saturated heterocycles. The van der Waals surface area contributed by atoms with Gasteiger partial charge in [0.2, 0.25) is 5.91 Å². The molecule has 2 N–H and O–H groups in total. The number of rotatable bonds is 7. The molecule has 1 aliphatic rings. The Balaban J connectivity index is 0.00000312. The fraction of sp³-hybridized carbons (Fsp3) is 0.625. The van der Waals surface area contributed by atoms with E-state index in [1.807, 2.05) is 6.92 Å². The summed E-state index contributed by atoms with van der Waals surface area (Å²) in [5.74, 6) is 0.727. The molecule has 7 nitrogen and oxygen atoms in total. The molecule has 0 aromatic carbocycles. The summed E-state index contributed by atoms with van der Waals surface area (Å²) in [6.07, 6.45) is 0. The van der Waals surface area contributed by atoms with Crippen molar-refractivity contribution in [2.75, 3.05) is 64.4 Å². The van der Waals surface area contributed by atoms with E-state index in [0.29, 0.717) is 13.2 Å². The van der Waals surface area contributed by atoms with Gasteiger partial charge in [0.1, 0.15) is 6.54 Å². The molecule has 1 fully saturated rings. The Morgan fingerprint density at radius 1 is 1.32 bits per heavy atom. The highest BCUT2D eigenvalue weighted by Crippen LogP contribution is 2.22. The first-order valence-corrected chi connectivity index (χ1v) is 9.20. The Morgan fingerprint density at radius 2 is 2.08 bits per heavy atom. The third-order valence-electron chi connectivity index (χ3n) is 3.73. The molecule has 1 aromatic rings. The van der Waals surface area contributed by atoms with Crippen LogP contribution in [0.15, 0.2) is 22.5 Å². The van der Waals surface area contributed by atoms with Gasteiger partial charge >= 0.3 is 0 Å². The molecule has 0 radical (unpaired) electrons. The minimum Gasteiger partial charge on any atom is -0.383 e. The average Bonchev–Trinajstić information content (AvgIpc) is 3.14. The number of hydrogen-bond donors (Lipinski definition) is 2. The van der Waals surface area contributed by atoms with Crippen molar-refractivity contribution < 1.29 is 9.53 Å². The molecule has 1 amide bonds. The van der Waals surface area contributed by atoms with Gasteiger partial charge in [-0.2, -0.15) is 0 Å². The van der Waals surface area contributed by atoms with Crippen molar-refractivity contribution in [3.05, 3.63) is 17.5 Å². The Hall–Kier alpha value is -1.07. The number of thiophene rings is 1. The number of ether oxygens (including phenoxy) is 1. The molecule has 1 aliphatic heterocycles. The zero-order valence-electron chi connectivity index (χ0n) is 14.9. The molecular weight excluding hydrogens is 453 g/mol. The second-order valence-electron chi connectivity index (χ2n) is 5.44. The van der Waals surface area contributed by atoms with E-state index in [0.717, 1.165) is 38.7 Å². The first kappa shape index (κ1) is 22.0. The Bertz CT molecular complexity index is 519. The summed E-state index contributed by atoms with van der Waals surface area (Å²) in [6.45, 7) is 7.71. The van der Waals surface area contributed by atoms with Gasteiger partial charge in [0, 0.05) is 46.4 Å². The second kappa shape index (κ2) is 12.3. The fourth-order valence-corrected chi connectivity index (χ4v) is 3.29. The standard InChI is InChI=1S/C16H27N5O2S.HI/c1-3-17-16(19-13-14(22)18-6-11-23-2)21-9-7-20(8-10-21)15-5-4-12-24-15;/h4-5,12H,3,6-11,13H2,1-2H3,(H,17,19)(H,18,22);1H. The van der Waals surface area contributed by atoms with Crippen LogP contribution in [0, 0.1) is 0 Å². The monoisotopic (exact) mass is 481 g/mol. The highest BCUT2D eigenvalue weighted by molar-refractivity contribution is 14.0. The SMILES string of the molecule is CCNC(=NCC(=O)NCCOC)N1CCN(c2cccs2)CC1.I. The lowest BCUT2D eigenvalue weighted by Crippen LogP contribution is -2.52. The van der Waals surface area contributed by atoms with Crippen molar-refractivity contribution in [1.82, 2.24) is 15.5 Å². The van der Waals surface area contributed by atoms with Gasteiger partial charge in [0.25, 0.3) is 0 Å². The average molecular weight is 481 g/mol. The fourth-order valence-electron chi connectivity index (χ4n) is 2.51. The van der Waals surface area contributed by atoms with E-state index in [1.54, 1.807) is 18.4 Å². The predicted molar refractivity (Wildman–Crippen MR) is 114 cm³/mol. The number of halogens is 1. The van der Waals surface area contributed by atoms with Gasteiger partial charge in [-0.1, -0.05) is 0 Å². The summed E-state index contributed by atoms with van der Waals surface area (Å²) in [7, 11) is 1.61. The first-order valence-electron chi connectivity index (χ1n) is 8.32. The molecule has 0 aliphatic carbocycles. The number of hydrogen-bond acceptors (Lipinski definition) is 5. The molecule has 1 aromatic heterocycles. The lowest BCUT2D eigenvalue weighted by Gasteiger charge is -2.37. The van der Waals surface area contributed by atoms with Gasteiger partial charge in [-0.05, 0) is 24.4 Å². The highest BCUT2D eigenvalue weighted by Gasteiger charge is 2.20. The molecule has 142 valence electrons. The number of guanidine groups is 1. The zero-order chi connectivity index (χ0) is 17.2. The number of aliphatic imine (C=N–C) groups is 1. The predicted octanol–water partition coefficient (Wildman–Crippen LogP) is 1.22. The lowest BCUT2D eigenvalue weighted by molar-refractivity contribution is -0.119. The molecular formula is C16H28IN5O2S. The first-order chi connectivity index (χ1) is 11.7. The molecule has 0 saturated carbocycles. The van der Waals surface area contributed by atoms with Gasteiger partial charge in [-0.3, -0.25) is 4.79 Å². The molecule has 0 unspecified atom stereocenters. The Labute approximate surface area is 170 Å². The third-order valence-corrected chi connectivity index (χ3v) is 4.66. The van der Waals surface area contributed by atoms with Crippen LogP contribution >= 0.6 is 35.3 Å². The number of carbonyl (C=O) groups is 1. The van der Waals surface area contributed by atoms with Crippen LogP contribution in [0.3, 0.4) is 0 Å². The second-order valence-corrected chi connectivity index (χ2v) is 6.36. The van der Waals surface area contributed by atoms with Gasteiger partial charge in [-0.15, -0.1) is 35.3 Å². The van der Waals surface area contributed by atoms with E-state index in [2.05, 4.69) is 42.9 Å².